The maximum atomic E-state index is 10.3. The highest BCUT2D eigenvalue weighted by Gasteiger charge is 1.99. The van der Waals surface area contributed by atoms with Crippen molar-refractivity contribution in [2.75, 3.05) is 0 Å². The first kappa shape index (κ1) is 8.98. The summed E-state index contributed by atoms with van der Waals surface area (Å²) in [6.07, 6.45) is 2.97. The van der Waals surface area contributed by atoms with Crippen LogP contribution in [0.4, 0.5) is 0 Å². The maximum Gasteiger partial charge on any atom is 0.122 e. The summed E-state index contributed by atoms with van der Waals surface area (Å²) < 4.78 is 0. The largest absolute Gasteiger partial charge is 0.303 e. The van der Waals surface area contributed by atoms with Crippen LogP contribution in [-0.4, -0.2) is 6.29 Å². The van der Waals surface area contributed by atoms with E-state index in [9.17, 15) is 4.79 Å². The molecule has 1 unspecified atom stereocenters. The topological polar surface area (TPSA) is 17.1 Å². The van der Waals surface area contributed by atoms with Gasteiger partial charge in [0.15, 0.2) is 0 Å². The van der Waals surface area contributed by atoms with Crippen LogP contribution in [0.3, 0.4) is 0 Å². The first-order chi connectivity index (χ1) is 5.83. The molecule has 1 atom stereocenters. The molecule has 0 saturated carbocycles. The number of benzene rings is 1. The first-order valence-corrected chi connectivity index (χ1v) is 4.32. The van der Waals surface area contributed by atoms with E-state index in [1.54, 1.807) is 0 Å². The molecule has 0 spiro atoms. The molecule has 0 heterocycles. The lowest BCUT2D eigenvalue weighted by Crippen LogP contribution is -1.97. The molecule has 1 aromatic rings. The van der Waals surface area contributed by atoms with Crippen molar-refractivity contribution < 1.29 is 4.79 Å². The Morgan fingerprint density at radius 2 is 2.00 bits per heavy atom. The third-order valence-corrected chi connectivity index (χ3v) is 1.96. The van der Waals surface area contributed by atoms with Crippen LogP contribution in [0.1, 0.15) is 18.9 Å². The SMILES string of the molecule is CC(C=O)CCc1ccccc1. The normalized spacial score (nSPS) is 12.4. The van der Waals surface area contributed by atoms with Crippen molar-refractivity contribution in [2.45, 2.75) is 19.8 Å². The standard InChI is InChI=1S/C11H14O/c1-10(9-12)7-8-11-5-3-2-4-6-11/h2-6,9-10H,7-8H2,1H3. The fraction of sp³-hybridized carbons (Fsp3) is 0.364. The van der Waals surface area contributed by atoms with Crippen molar-refractivity contribution in [1.29, 1.82) is 0 Å². The van der Waals surface area contributed by atoms with E-state index in [1.165, 1.54) is 5.56 Å². The van der Waals surface area contributed by atoms with Gasteiger partial charge < -0.3 is 4.79 Å². The first-order valence-electron chi connectivity index (χ1n) is 4.32. The minimum atomic E-state index is 0.185. The molecule has 0 aliphatic rings. The van der Waals surface area contributed by atoms with Gasteiger partial charge in [0.25, 0.3) is 0 Å². The van der Waals surface area contributed by atoms with Gasteiger partial charge in [-0.3, -0.25) is 0 Å². The summed E-state index contributed by atoms with van der Waals surface area (Å²) >= 11 is 0. The number of rotatable bonds is 4. The summed E-state index contributed by atoms with van der Waals surface area (Å²) in [5.74, 6) is 0.185. The summed E-state index contributed by atoms with van der Waals surface area (Å²) in [6.45, 7) is 1.95. The van der Waals surface area contributed by atoms with Crippen molar-refractivity contribution in [1.82, 2.24) is 0 Å². The lowest BCUT2D eigenvalue weighted by atomic mass is 10.0. The lowest BCUT2D eigenvalue weighted by Gasteiger charge is -2.02. The van der Waals surface area contributed by atoms with E-state index in [4.69, 9.17) is 0 Å². The van der Waals surface area contributed by atoms with Crippen molar-refractivity contribution >= 4 is 6.29 Å². The minimum Gasteiger partial charge on any atom is -0.303 e. The van der Waals surface area contributed by atoms with Gasteiger partial charge in [-0.2, -0.15) is 0 Å². The molecule has 64 valence electrons. The van der Waals surface area contributed by atoms with Crippen LogP contribution >= 0.6 is 0 Å². The van der Waals surface area contributed by atoms with Gasteiger partial charge in [0.05, 0.1) is 0 Å². The zero-order chi connectivity index (χ0) is 8.81. The van der Waals surface area contributed by atoms with Gasteiger partial charge in [0, 0.05) is 5.92 Å². The second kappa shape index (κ2) is 4.70. The molecular weight excluding hydrogens is 148 g/mol. The second-order valence-electron chi connectivity index (χ2n) is 3.14. The molecule has 0 aromatic heterocycles. The van der Waals surface area contributed by atoms with Crippen molar-refractivity contribution in [2.24, 2.45) is 5.92 Å². The van der Waals surface area contributed by atoms with Gasteiger partial charge in [-0.05, 0) is 18.4 Å². The van der Waals surface area contributed by atoms with Crippen LogP contribution in [0.15, 0.2) is 30.3 Å². The molecule has 0 aliphatic heterocycles. The van der Waals surface area contributed by atoms with E-state index in [0.29, 0.717) is 0 Å². The number of hydrogen-bond acceptors (Lipinski definition) is 1. The Labute approximate surface area is 73.4 Å². The van der Waals surface area contributed by atoms with Gasteiger partial charge >= 0.3 is 0 Å². The summed E-state index contributed by atoms with van der Waals surface area (Å²) in [4.78, 5) is 10.3. The fourth-order valence-electron chi connectivity index (χ4n) is 1.11. The van der Waals surface area contributed by atoms with Gasteiger partial charge in [-0.15, -0.1) is 0 Å². The molecule has 0 bridgehead atoms. The summed E-state index contributed by atoms with van der Waals surface area (Å²) in [5.41, 5.74) is 1.31. The lowest BCUT2D eigenvalue weighted by molar-refractivity contribution is -0.110. The van der Waals surface area contributed by atoms with Crippen LogP contribution in [0, 0.1) is 5.92 Å². The van der Waals surface area contributed by atoms with E-state index >= 15 is 0 Å². The Morgan fingerprint density at radius 3 is 2.58 bits per heavy atom. The molecule has 0 N–H and O–H groups in total. The predicted molar refractivity (Wildman–Crippen MR) is 50.0 cm³/mol. The maximum absolute atomic E-state index is 10.3. The summed E-state index contributed by atoms with van der Waals surface area (Å²) in [6, 6.07) is 10.3. The molecule has 0 fully saturated rings. The van der Waals surface area contributed by atoms with Crippen LogP contribution in [0.5, 0.6) is 0 Å². The van der Waals surface area contributed by atoms with E-state index < -0.39 is 0 Å². The monoisotopic (exact) mass is 162 g/mol. The van der Waals surface area contributed by atoms with E-state index in [2.05, 4.69) is 12.1 Å². The Bertz CT molecular complexity index is 228. The molecule has 1 nitrogen and oxygen atoms in total. The Balaban J connectivity index is 2.38. The Morgan fingerprint density at radius 1 is 1.33 bits per heavy atom. The van der Waals surface area contributed by atoms with Crippen LogP contribution in [-0.2, 0) is 11.2 Å². The highest BCUT2D eigenvalue weighted by molar-refractivity contribution is 5.52. The van der Waals surface area contributed by atoms with E-state index in [-0.39, 0.29) is 5.92 Å². The molecule has 0 radical (unpaired) electrons. The van der Waals surface area contributed by atoms with Gasteiger partial charge in [-0.1, -0.05) is 37.3 Å². The quantitative estimate of drug-likeness (QED) is 0.621. The van der Waals surface area contributed by atoms with Gasteiger partial charge in [-0.25, -0.2) is 0 Å². The molecule has 1 aromatic carbocycles. The number of aldehydes is 1. The molecular formula is C11H14O. The van der Waals surface area contributed by atoms with Gasteiger partial charge in [0.2, 0.25) is 0 Å². The zero-order valence-electron chi connectivity index (χ0n) is 7.36. The Kier molecular flexibility index (Phi) is 3.52. The van der Waals surface area contributed by atoms with Crippen molar-refractivity contribution in [3.63, 3.8) is 0 Å². The third kappa shape index (κ3) is 2.87. The second-order valence-corrected chi connectivity index (χ2v) is 3.14. The average Bonchev–Trinajstić information content (AvgIpc) is 2.16. The minimum absolute atomic E-state index is 0.185. The van der Waals surface area contributed by atoms with E-state index in [0.717, 1.165) is 19.1 Å². The fourth-order valence-corrected chi connectivity index (χ4v) is 1.11. The highest BCUT2D eigenvalue weighted by Crippen LogP contribution is 2.06. The van der Waals surface area contributed by atoms with Crippen LogP contribution in [0.25, 0.3) is 0 Å². The van der Waals surface area contributed by atoms with Crippen LogP contribution < -0.4 is 0 Å². The van der Waals surface area contributed by atoms with E-state index in [1.807, 2.05) is 25.1 Å². The smallest absolute Gasteiger partial charge is 0.122 e. The summed E-state index contributed by atoms with van der Waals surface area (Å²) in [5, 5.41) is 0. The Hall–Kier alpha value is -1.11. The third-order valence-electron chi connectivity index (χ3n) is 1.96. The number of carbonyl (C=O) groups is 1. The van der Waals surface area contributed by atoms with Crippen molar-refractivity contribution in [3.8, 4) is 0 Å². The molecule has 0 saturated heterocycles. The number of carbonyl (C=O) groups excluding carboxylic acids is 1. The predicted octanol–water partition coefficient (Wildman–Crippen LogP) is 2.45. The van der Waals surface area contributed by atoms with Crippen LogP contribution in [0.2, 0.25) is 0 Å². The molecule has 0 aliphatic carbocycles. The van der Waals surface area contributed by atoms with Crippen molar-refractivity contribution in [3.05, 3.63) is 35.9 Å². The zero-order valence-corrected chi connectivity index (χ0v) is 7.36. The molecule has 1 rings (SSSR count). The highest BCUT2D eigenvalue weighted by atomic mass is 16.1. The van der Waals surface area contributed by atoms with Gasteiger partial charge in [0.1, 0.15) is 6.29 Å². The molecule has 0 amide bonds. The molecule has 1 heteroatoms. The average molecular weight is 162 g/mol. The number of hydrogen-bond donors (Lipinski definition) is 0. The molecule has 12 heavy (non-hydrogen) atoms. The number of aryl methyl sites for hydroxylation is 1. The summed E-state index contributed by atoms with van der Waals surface area (Å²) in [7, 11) is 0.